The monoisotopic (exact) mass is 426 g/mol. The molecule has 7 heteroatoms. The Labute approximate surface area is 181 Å². The van der Waals surface area contributed by atoms with Gasteiger partial charge in [-0.25, -0.2) is 4.98 Å². The fourth-order valence-corrected chi connectivity index (χ4v) is 5.97. The highest BCUT2D eigenvalue weighted by molar-refractivity contribution is 7.07. The number of hydrogen-bond donors (Lipinski definition) is 2. The summed E-state index contributed by atoms with van der Waals surface area (Å²) in [6, 6.07) is 12.0. The normalized spacial score (nSPS) is 26.9. The van der Waals surface area contributed by atoms with Gasteiger partial charge in [-0.1, -0.05) is 30.3 Å². The summed E-state index contributed by atoms with van der Waals surface area (Å²) >= 11 is 1.61. The van der Waals surface area contributed by atoms with Crippen LogP contribution in [0.1, 0.15) is 42.9 Å². The van der Waals surface area contributed by atoms with Crippen molar-refractivity contribution in [1.82, 2.24) is 20.1 Å². The van der Waals surface area contributed by atoms with E-state index in [2.05, 4.69) is 55.8 Å². The van der Waals surface area contributed by atoms with Gasteiger partial charge in [0.25, 0.3) is 0 Å². The van der Waals surface area contributed by atoms with E-state index >= 15 is 0 Å². The van der Waals surface area contributed by atoms with Crippen molar-refractivity contribution in [1.29, 1.82) is 0 Å². The zero-order chi connectivity index (χ0) is 20.6. The lowest BCUT2D eigenvalue weighted by Gasteiger charge is -2.57. The van der Waals surface area contributed by atoms with Crippen LogP contribution < -0.4 is 5.32 Å². The number of carboxylic acids is 1. The third-order valence-electron chi connectivity index (χ3n) is 7.02. The van der Waals surface area contributed by atoms with Gasteiger partial charge in [0.1, 0.15) is 0 Å². The van der Waals surface area contributed by atoms with Crippen LogP contribution in [0.4, 0.5) is 0 Å². The van der Waals surface area contributed by atoms with E-state index in [1.165, 1.54) is 12.0 Å². The third kappa shape index (κ3) is 4.30. The van der Waals surface area contributed by atoms with Crippen molar-refractivity contribution < 1.29 is 9.90 Å². The maximum absolute atomic E-state index is 11.6. The molecule has 6 nitrogen and oxygen atoms in total. The van der Waals surface area contributed by atoms with E-state index in [1.807, 2.05) is 5.51 Å². The SMILES string of the molecule is O=C(O)CC1(N2CCC(N[C@@H]3C[C@@H]3c3ccccc3)CC2)CN(Cc2cscn2)C1. The molecule has 0 radical (unpaired) electrons. The number of carboxylic acid groups (broad SMARTS) is 1. The summed E-state index contributed by atoms with van der Waals surface area (Å²) in [6.07, 6.45) is 3.67. The van der Waals surface area contributed by atoms with Crippen LogP contribution in [0, 0.1) is 0 Å². The van der Waals surface area contributed by atoms with E-state index in [0.29, 0.717) is 18.0 Å². The molecule has 1 saturated carbocycles. The number of piperidine rings is 1. The Balaban J connectivity index is 1.12. The van der Waals surface area contributed by atoms with Crippen molar-refractivity contribution in [2.45, 2.75) is 55.8 Å². The molecule has 0 amide bonds. The molecule has 2 atom stereocenters. The van der Waals surface area contributed by atoms with E-state index < -0.39 is 5.97 Å². The summed E-state index contributed by atoms with van der Waals surface area (Å²) in [5, 5.41) is 15.5. The Morgan fingerprint density at radius 2 is 2.00 bits per heavy atom. The molecule has 1 aromatic heterocycles. The molecule has 3 fully saturated rings. The number of likely N-dealkylation sites (tertiary alicyclic amines) is 2. The lowest BCUT2D eigenvalue weighted by Crippen LogP contribution is -2.71. The third-order valence-corrected chi connectivity index (χ3v) is 7.65. The van der Waals surface area contributed by atoms with Crippen molar-refractivity contribution in [2.75, 3.05) is 26.2 Å². The molecular formula is C23H30N4O2S. The Morgan fingerprint density at radius 3 is 2.67 bits per heavy atom. The van der Waals surface area contributed by atoms with Crippen molar-refractivity contribution in [3.05, 3.63) is 52.5 Å². The Morgan fingerprint density at radius 1 is 1.23 bits per heavy atom. The van der Waals surface area contributed by atoms with Gasteiger partial charge >= 0.3 is 5.97 Å². The Hall–Kier alpha value is -1.80. The summed E-state index contributed by atoms with van der Waals surface area (Å²) < 4.78 is 0. The first-order valence-corrected chi connectivity index (χ1v) is 11.9. The first-order chi connectivity index (χ1) is 14.6. The van der Waals surface area contributed by atoms with Crippen LogP contribution in [0.15, 0.2) is 41.2 Å². The van der Waals surface area contributed by atoms with Crippen LogP contribution in [-0.2, 0) is 11.3 Å². The van der Waals surface area contributed by atoms with Crippen LogP contribution in [-0.4, -0.2) is 69.7 Å². The molecule has 3 heterocycles. The summed E-state index contributed by atoms with van der Waals surface area (Å²) in [6.45, 7) is 4.45. The fourth-order valence-electron chi connectivity index (χ4n) is 5.42. The van der Waals surface area contributed by atoms with Crippen LogP contribution in [0.25, 0.3) is 0 Å². The molecule has 2 saturated heterocycles. The zero-order valence-electron chi connectivity index (χ0n) is 17.2. The van der Waals surface area contributed by atoms with E-state index in [1.54, 1.807) is 11.3 Å². The second-order valence-corrected chi connectivity index (χ2v) is 9.93. The van der Waals surface area contributed by atoms with Gasteiger partial charge in [0.15, 0.2) is 0 Å². The van der Waals surface area contributed by atoms with E-state index in [9.17, 15) is 9.90 Å². The number of nitrogens with zero attached hydrogens (tertiary/aromatic N) is 3. The van der Waals surface area contributed by atoms with Crippen molar-refractivity contribution >= 4 is 17.3 Å². The smallest absolute Gasteiger partial charge is 0.305 e. The summed E-state index contributed by atoms with van der Waals surface area (Å²) in [5.74, 6) is -0.0271. The second kappa shape index (κ2) is 8.38. The maximum Gasteiger partial charge on any atom is 0.305 e. The minimum Gasteiger partial charge on any atom is -0.481 e. The van der Waals surface area contributed by atoms with Gasteiger partial charge in [-0.2, -0.15) is 0 Å². The minimum atomic E-state index is -0.688. The summed E-state index contributed by atoms with van der Waals surface area (Å²) in [7, 11) is 0. The minimum absolute atomic E-state index is 0.209. The molecule has 2 aromatic rings. The predicted molar refractivity (Wildman–Crippen MR) is 118 cm³/mol. The molecule has 30 heavy (non-hydrogen) atoms. The highest BCUT2D eigenvalue weighted by atomic mass is 32.1. The van der Waals surface area contributed by atoms with Crippen molar-refractivity contribution in [3.63, 3.8) is 0 Å². The van der Waals surface area contributed by atoms with Crippen molar-refractivity contribution in [2.24, 2.45) is 0 Å². The summed E-state index contributed by atoms with van der Waals surface area (Å²) in [4.78, 5) is 20.8. The highest BCUT2D eigenvalue weighted by Crippen LogP contribution is 2.42. The molecule has 160 valence electrons. The van der Waals surface area contributed by atoms with Crippen LogP contribution in [0.2, 0.25) is 0 Å². The van der Waals surface area contributed by atoms with E-state index in [-0.39, 0.29) is 12.0 Å². The van der Waals surface area contributed by atoms with Gasteiger partial charge in [0.2, 0.25) is 0 Å². The molecule has 0 bridgehead atoms. The number of carbonyl (C=O) groups is 1. The Kier molecular flexibility index (Phi) is 5.62. The molecule has 1 aliphatic carbocycles. The number of hydrogen-bond acceptors (Lipinski definition) is 6. The van der Waals surface area contributed by atoms with E-state index in [4.69, 9.17) is 0 Å². The first kappa shape index (κ1) is 20.1. The molecule has 1 aromatic carbocycles. The van der Waals surface area contributed by atoms with Crippen LogP contribution in [0.3, 0.4) is 0 Å². The number of aliphatic carboxylic acids is 1. The summed E-state index contributed by atoms with van der Waals surface area (Å²) in [5.41, 5.74) is 4.19. The molecule has 2 aliphatic heterocycles. The Bertz CT molecular complexity index is 845. The lowest BCUT2D eigenvalue weighted by molar-refractivity contribution is -0.147. The van der Waals surface area contributed by atoms with Gasteiger partial charge in [0.05, 0.1) is 23.2 Å². The van der Waals surface area contributed by atoms with Gasteiger partial charge in [-0.15, -0.1) is 11.3 Å². The lowest BCUT2D eigenvalue weighted by atomic mass is 9.82. The number of benzene rings is 1. The number of nitrogens with one attached hydrogen (secondary N) is 1. The average Bonchev–Trinajstić information content (AvgIpc) is 3.29. The second-order valence-electron chi connectivity index (χ2n) is 9.21. The van der Waals surface area contributed by atoms with Crippen LogP contribution in [0.5, 0.6) is 0 Å². The molecule has 0 spiro atoms. The number of aromatic nitrogens is 1. The van der Waals surface area contributed by atoms with Crippen molar-refractivity contribution in [3.8, 4) is 0 Å². The first-order valence-electron chi connectivity index (χ1n) is 11.0. The molecule has 5 rings (SSSR count). The number of thiazole rings is 1. The van der Waals surface area contributed by atoms with Gasteiger partial charge < -0.3 is 10.4 Å². The molecule has 3 aliphatic rings. The zero-order valence-corrected chi connectivity index (χ0v) is 18.1. The van der Waals surface area contributed by atoms with Gasteiger partial charge in [-0.05, 0) is 24.8 Å². The fraction of sp³-hybridized carbons (Fsp3) is 0.565. The van der Waals surface area contributed by atoms with Gasteiger partial charge in [0, 0.05) is 56.1 Å². The quantitative estimate of drug-likeness (QED) is 0.677. The van der Waals surface area contributed by atoms with Crippen LogP contribution >= 0.6 is 11.3 Å². The predicted octanol–water partition coefficient (Wildman–Crippen LogP) is 2.78. The maximum atomic E-state index is 11.6. The standard InChI is InChI=1S/C23H30N4O2S/c28-22(29)11-23(14-26(15-23)12-19-13-30-16-24-19)27-8-6-18(7-9-27)25-21-10-20(21)17-4-2-1-3-5-17/h1-5,13,16,18,20-21,25H,6-12,14-15H2,(H,28,29)/t20-,21-/m1/s1. The van der Waals surface area contributed by atoms with E-state index in [0.717, 1.165) is 51.3 Å². The molecule has 0 unspecified atom stereocenters. The van der Waals surface area contributed by atoms with Gasteiger partial charge in [-0.3, -0.25) is 14.6 Å². The highest BCUT2D eigenvalue weighted by Gasteiger charge is 2.50. The largest absolute Gasteiger partial charge is 0.481 e. The number of rotatable bonds is 8. The topological polar surface area (TPSA) is 68.7 Å². The average molecular weight is 427 g/mol. The molecule has 2 N–H and O–H groups in total. The molecular weight excluding hydrogens is 396 g/mol.